The first kappa shape index (κ1) is 17.5. The molecule has 2 aromatic carbocycles. The number of fused-ring (bicyclic) bond motifs is 1. The summed E-state index contributed by atoms with van der Waals surface area (Å²) in [6.45, 7) is 0. The van der Waals surface area contributed by atoms with E-state index in [-0.39, 0.29) is 19.3 Å². The minimum atomic E-state index is -1.13. The Labute approximate surface area is 140 Å². The molecule has 1 atom stereocenters. The molecule has 0 N–H and O–H groups in total. The molecular formula is C19H19NO4. The van der Waals surface area contributed by atoms with Gasteiger partial charge < -0.3 is 9.47 Å². The van der Waals surface area contributed by atoms with E-state index in [9.17, 15) is 14.9 Å². The van der Waals surface area contributed by atoms with Crippen molar-refractivity contribution < 1.29 is 19.1 Å². The molecule has 0 saturated heterocycles. The Bertz CT molecular complexity index is 793. The minimum absolute atomic E-state index is 0.0495. The van der Waals surface area contributed by atoms with Gasteiger partial charge in [-0.1, -0.05) is 36.4 Å². The summed E-state index contributed by atoms with van der Waals surface area (Å²) in [5, 5.41) is 11.8. The Kier molecular flexibility index (Phi) is 5.54. The van der Waals surface area contributed by atoms with Crippen molar-refractivity contribution >= 4 is 22.7 Å². The first-order valence-electron chi connectivity index (χ1n) is 7.59. The van der Waals surface area contributed by atoms with Crippen LogP contribution in [0, 0.1) is 11.3 Å². The summed E-state index contributed by atoms with van der Waals surface area (Å²) in [6.07, 6.45) is 0.118. The molecule has 0 spiro atoms. The zero-order valence-corrected chi connectivity index (χ0v) is 13.7. The van der Waals surface area contributed by atoms with Crippen LogP contribution in [-0.2, 0) is 24.5 Å². The van der Waals surface area contributed by atoms with Crippen molar-refractivity contribution in [2.24, 2.45) is 0 Å². The first-order chi connectivity index (χ1) is 11.5. The Morgan fingerprint density at radius 2 is 1.71 bits per heavy atom. The van der Waals surface area contributed by atoms with Crippen molar-refractivity contribution in [2.45, 2.75) is 24.7 Å². The number of nitrogens with zero attached hydrogens (tertiary/aromatic N) is 1. The summed E-state index contributed by atoms with van der Waals surface area (Å²) < 4.78 is 9.41. The molecule has 0 saturated carbocycles. The van der Waals surface area contributed by atoms with E-state index in [1.807, 2.05) is 42.5 Å². The Balaban J connectivity index is 2.46. The van der Waals surface area contributed by atoms with E-state index in [2.05, 4.69) is 10.8 Å². The van der Waals surface area contributed by atoms with E-state index in [0.29, 0.717) is 5.56 Å². The summed E-state index contributed by atoms with van der Waals surface area (Å²) in [4.78, 5) is 23.4. The van der Waals surface area contributed by atoms with Crippen LogP contribution >= 0.6 is 0 Å². The Morgan fingerprint density at radius 1 is 1.04 bits per heavy atom. The molecule has 0 aliphatic heterocycles. The molecule has 0 fully saturated rings. The highest BCUT2D eigenvalue weighted by Crippen LogP contribution is 2.35. The van der Waals surface area contributed by atoms with Crippen molar-refractivity contribution in [3.8, 4) is 6.07 Å². The molecule has 2 aromatic rings. The molecule has 0 aromatic heterocycles. The molecule has 5 nitrogen and oxygen atoms in total. The maximum Gasteiger partial charge on any atom is 0.307 e. The second-order valence-corrected chi connectivity index (χ2v) is 5.58. The number of hydrogen-bond acceptors (Lipinski definition) is 5. The number of nitriles is 1. The molecule has 1 unspecified atom stereocenters. The summed E-state index contributed by atoms with van der Waals surface area (Å²) in [6, 6.07) is 15.6. The van der Waals surface area contributed by atoms with Gasteiger partial charge in [-0.25, -0.2) is 0 Å². The lowest BCUT2D eigenvalue weighted by atomic mass is 9.74. The molecule has 2 rings (SSSR count). The third-order valence-corrected chi connectivity index (χ3v) is 4.17. The van der Waals surface area contributed by atoms with E-state index < -0.39 is 17.4 Å². The second kappa shape index (κ2) is 7.60. The van der Waals surface area contributed by atoms with Gasteiger partial charge in [-0.05, 0) is 28.8 Å². The van der Waals surface area contributed by atoms with Crippen molar-refractivity contribution in [2.75, 3.05) is 14.2 Å². The number of esters is 2. The quantitative estimate of drug-likeness (QED) is 0.763. The largest absolute Gasteiger partial charge is 0.469 e. The molecule has 0 radical (unpaired) electrons. The maximum absolute atomic E-state index is 11.8. The van der Waals surface area contributed by atoms with Gasteiger partial charge in [0, 0.05) is 6.42 Å². The number of carbonyl (C=O) groups is 2. The van der Waals surface area contributed by atoms with Gasteiger partial charge >= 0.3 is 11.9 Å². The lowest BCUT2D eigenvalue weighted by molar-refractivity contribution is -0.143. The van der Waals surface area contributed by atoms with Gasteiger partial charge in [0.15, 0.2) is 0 Å². The van der Waals surface area contributed by atoms with Crippen LogP contribution in [0.2, 0.25) is 0 Å². The molecule has 0 amide bonds. The second-order valence-electron chi connectivity index (χ2n) is 5.58. The number of carbonyl (C=O) groups excluding carboxylic acids is 2. The highest BCUT2D eigenvalue weighted by Gasteiger charge is 2.36. The molecule has 124 valence electrons. The van der Waals surface area contributed by atoms with Crippen LogP contribution in [0.25, 0.3) is 10.8 Å². The molecule has 0 heterocycles. The normalized spacial score (nSPS) is 12.9. The zero-order valence-electron chi connectivity index (χ0n) is 13.7. The summed E-state index contributed by atoms with van der Waals surface area (Å²) in [5.41, 5.74) is -0.441. The zero-order chi connectivity index (χ0) is 17.6. The van der Waals surface area contributed by atoms with Crippen LogP contribution in [-0.4, -0.2) is 26.2 Å². The van der Waals surface area contributed by atoms with Gasteiger partial charge in [0.2, 0.25) is 0 Å². The third kappa shape index (κ3) is 3.72. The minimum Gasteiger partial charge on any atom is -0.469 e. The van der Waals surface area contributed by atoms with E-state index in [4.69, 9.17) is 4.74 Å². The van der Waals surface area contributed by atoms with E-state index in [1.165, 1.54) is 14.2 Å². The standard InChI is InChI=1S/C19H19NO4/c1-23-17(21)9-10-19(13-20,12-18(22)24-2)16-8-7-14-5-3-4-6-15(14)11-16/h3-8,11H,9-10,12H2,1-2H3. The smallest absolute Gasteiger partial charge is 0.307 e. The van der Waals surface area contributed by atoms with Crippen LogP contribution in [0.3, 0.4) is 0 Å². The average Bonchev–Trinajstić information content (AvgIpc) is 2.64. The van der Waals surface area contributed by atoms with Crippen molar-refractivity contribution in [1.29, 1.82) is 5.26 Å². The van der Waals surface area contributed by atoms with Gasteiger partial charge in [0.1, 0.15) is 0 Å². The fourth-order valence-electron chi connectivity index (χ4n) is 2.72. The van der Waals surface area contributed by atoms with Gasteiger partial charge in [-0.3, -0.25) is 9.59 Å². The van der Waals surface area contributed by atoms with Gasteiger partial charge in [-0.15, -0.1) is 0 Å². The number of methoxy groups -OCH3 is 2. The summed E-state index contributed by atoms with van der Waals surface area (Å²) >= 11 is 0. The maximum atomic E-state index is 11.8. The molecule has 0 aliphatic rings. The average molecular weight is 325 g/mol. The molecular weight excluding hydrogens is 306 g/mol. The van der Waals surface area contributed by atoms with Crippen molar-refractivity contribution in [3.63, 3.8) is 0 Å². The van der Waals surface area contributed by atoms with Crippen LogP contribution in [0.4, 0.5) is 0 Å². The predicted molar refractivity (Wildman–Crippen MR) is 89.1 cm³/mol. The predicted octanol–water partition coefficient (Wildman–Crippen LogP) is 3.12. The van der Waals surface area contributed by atoms with Crippen LogP contribution < -0.4 is 0 Å². The van der Waals surface area contributed by atoms with E-state index >= 15 is 0 Å². The van der Waals surface area contributed by atoms with Gasteiger partial charge in [0.05, 0.1) is 32.1 Å². The highest BCUT2D eigenvalue weighted by molar-refractivity contribution is 5.84. The van der Waals surface area contributed by atoms with Gasteiger partial charge in [0.25, 0.3) is 0 Å². The monoisotopic (exact) mass is 325 g/mol. The number of ether oxygens (including phenoxy) is 2. The summed E-state index contributed by atoms with van der Waals surface area (Å²) in [5.74, 6) is -0.908. The van der Waals surface area contributed by atoms with Crippen molar-refractivity contribution in [1.82, 2.24) is 0 Å². The fraction of sp³-hybridized carbons (Fsp3) is 0.316. The van der Waals surface area contributed by atoms with E-state index in [0.717, 1.165) is 10.8 Å². The Hall–Kier alpha value is -2.87. The number of rotatable bonds is 6. The van der Waals surface area contributed by atoms with Crippen LogP contribution in [0.1, 0.15) is 24.8 Å². The van der Waals surface area contributed by atoms with E-state index in [1.54, 1.807) is 0 Å². The Morgan fingerprint density at radius 3 is 2.33 bits per heavy atom. The number of benzene rings is 2. The van der Waals surface area contributed by atoms with Crippen LogP contribution in [0.15, 0.2) is 42.5 Å². The first-order valence-corrected chi connectivity index (χ1v) is 7.59. The lowest BCUT2D eigenvalue weighted by Crippen LogP contribution is -2.29. The third-order valence-electron chi connectivity index (χ3n) is 4.17. The highest BCUT2D eigenvalue weighted by atomic mass is 16.5. The van der Waals surface area contributed by atoms with Gasteiger partial charge in [-0.2, -0.15) is 5.26 Å². The van der Waals surface area contributed by atoms with Crippen molar-refractivity contribution in [3.05, 3.63) is 48.0 Å². The molecule has 24 heavy (non-hydrogen) atoms. The SMILES string of the molecule is COC(=O)CCC(C#N)(CC(=O)OC)c1ccc2ccccc2c1. The lowest BCUT2D eigenvalue weighted by Gasteiger charge is -2.26. The fourth-order valence-corrected chi connectivity index (χ4v) is 2.72. The summed E-state index contributed by atoms with van der Waals surface area (Å²) in [7, 11) is 2.58. The topological polar surface area (TPSA) is 76.4 Å². The molecule has 5 heteroatoms. The number of hydrogen-bond donors (Lipinski definition) is 0. The van der Waals surface area contributed by atoms with Crippen LogP contribution in [0.5, 0.6) is 0 Å². The molecule has 0 aliphatic carbocycles. The molecule has 0 bridgehead atoms.